The van der Waals surface area contributed by atoms with Gasteiger partial charge in [-0.1, -0.05) is 12.1 Å². The molecule has 0 spiro atoms. The minimum atomic E-state index is -4.92. The van der Waals surface area contributed by atoms with Crippen molar-refractivity contribution in [1.82, 2.24) is 5.32 Å². The Hall–Kier alpha value is -1.63. The molecule has 0 radical (unpaired) electrons. The lowest BCUT2D eigenvalue weighted by Crippen LogP contribution is -2.46. The molecular weight excluding hydrogens is 266 g/mol. The van der Waals surface area contributed by atoms with Crippen molar-refractivity contribution < 1.29 is 27.1 Å². The number of benzene rings is 1. The Morgan fingerprint density at radius 2 is 1.95 bits per heavy atom. The Labute approximate surface area is 106 Å². The molecule has 0 saturated carbocycles. The van der Waals surface area contributed by atoms with Crippen LogP contribution in [0.3, 0.4) is 0 Å². The third-order valence-electron chi connectivity index (χ3n) is 2.75. The highest BCUT2D eigenvalue weighted by atomic mass is 19.4. The van der Waals surface area contributed by atoms with E-state index in [0.29, 0.717) is 12.2 Å². The van der Waals surface area contributed by atoms with Gasteiger partial charge in [0.25, 0.3) is 0 Å². The van der Waals surface area contributed by atoms with Gasteiger partial charge in [0.15, 0.2) is 0 Å². The summed E-state index contributed by atoms with van der Waals surface area (Å²) in [6.45, 7) is 0.310. The van der Waals surface area contributed by atoms with E-state index in [4.69, 9.17) is 4.74 Å². The molecule has 1 amide bonds. The van der Waals surface area contributed by atoms with Gasteiger partial charge in [0, 0.05) is 0 Å². The summed E-state index contributed by atoms with van der Waals surface area (Å²) in [6, 6.07) is 4.59. The lowest BCUT2D eigenvalue weighted by molar-refractivity contribution is -0.174. The zero-order valence-electron chi connectivity index (χ0n) is 9.71. The van der Waals surface area contributed by atoms with Crippen LogP contribution in [0.15, 0.2) is 24.3 Å². The first-order valence-corrected chi connectivity index (χ1v) is 5.60. The van der Waals surface area contributed by atoms with E-state index in [1.807, 2.05) is 5.32 Å². The third kappa shape index (κ3) is 3.92. The summed E-state index contributed by atoms with van der Waals surface area (Å²) in [7, 11) is 0. The van der Waals surface area contributed by atoms with E-state index in [0.717, 1.165) is 0 Å². The highest BCUT2D eigenvalue weighted by molar-refractivity contribution is 5.82. The fourth-order valence-electron chi connectivity index (χ4n) is 1.69. The summed E-state index contributed by atoms with van der Waals surface area (Å²) in [6.07, 6.45) is -5.18. The summed E-state index contributed by atoms with van der Waals surface area (Å²) >= 11 is 0. The van der Waals surface area contributed by atoms with Crippen molar-refractivity contribution in [3.05, 3.63) is 35.6 Å². The van der Waals surface area contributed by atoms with E-state index in [9.17, 15) is 22.4 Å². The van der Waals surface area contributed by atoms with Gasteiger partial charge in [0.1, 0.15) is 11.9 Å². The molecule has 104 valence electrons. The SMILES string of the molecule is O=C(N[C@@H](Cc1ccc(F)cc1)[C@@H]1CO1)C(F)(F)F. The van der Waals surface area contributed by atoms with Crippen molar-refractivity contribution in [1.29, 1.82) is 0 Å². The van der Waals surface area contributed by atoms with E-state index >= 15 is 0 Å². The highest BCUT2D eigenvalue weighted by Crippen LogP contribution is 2.21. The summed E-state index contributed by atoms with van der Waals surface area (Å²) in [5, 5.41) is 1.90. The van der Waals surface area contributed by atoms with Crippen LogP contribution in [0.2, 0.25) is 0 Å². The molecule has 19 heavy (non-hydrogen) atoms. The number of ether oxygens (including phenoxy) is 1. The minimum absolute atomic E-state index is 0.159. The number of alkyl halides is 3. The number of carbonyl (C=O) groups excluding carboxylic acids is 1. The number of rotatable bonds is 4. The topological polar surface area (TPSA) is 41.6 Å². The van der Waals surface area contributed by atoms with Gasteiger partial charge in [-0.15, -0.1) is 0 Å². The van der Waals surface area contributed by atoms with Crippen LogP contribution in [0.1, 0.15) is 5.56 Å². The first-order valence-electron chi connectivity index (χ1n) is 5.60. The second-order valence-electron chi connectivity index (χ2n) is 4.28. The predicted molar refractivity (Wildman–Crippen MR) is 57.8 cm³/mol. The predicted octanol–water partition coefficient (Wildman–Crippen LogP) is 1.81. The van der Waals surface area contributed by atoms with E-state index in [1.54, 1.807) is 0 Å². The number of carbonyl (C=O) groups is 1. The first kappa shape index (κ1) is 13.8. The van der Waals surface area contributed by atoms with Crippen LogP contribution in [0.4, 0.5) is 17.6 Å². The van der Waals surface area contributed by atoms with Crippen LogP contribution in [0.25, 0.3) is 0 Å². The molecule has 7 heteroatoms. The van der Waals surface area contributed by atoms with Crippen LogP contribution in [-0.4, -0.2) is 30.8 Å². The van der Waals surface area contributed by atoms with E-state index in [2.05, 4.69) is 0 Å². The van der Waals surface area contributed by atoms with E-state index < -0.39 is 30.0 Å². The molecule has 0 aliphatic carbocycles. The minimum Gasteiger partial charge on any atom is -0.371 e. The largest absolute Gasteiger partial charge is 0.471 e. The third-order valence-corrected chi connectivity index (χ3v) is 2.75. The summed E-state index contributed by atoms with van der Waals surface area (Å²) in [4.78, 5) is 10.9. The van der Waals surface area contributed by atoms with Crippen molar-refractivity contribution in [2.45, 2.75) is 24.7 Å². The molecule has 1 saturated heterocycles. The second kappa shape index (κ2) is 5.16. The molecule has 0 aromatic heterocycles. The quantitative estimate of drug-likeness (QED) is 0.673. The molecule has 2 atom stereocenters. The molecule has 1 aliphatic rings. The maximum Gasteiger partial charge on any atom is 0.471 e. The number of hydrogen-bond donors (Lipinski definition) is 1. The van der Waals surface area contributed by atoms with Gasteiger partial charge >= 0.3 is 12.1 Å². The molecule has 1 aliphatic heterocycles. The number of hydrogen-bond acceptors (Lipinski definition) is 2. The number of epoxide rings is 1. The Morgan fingerprint density at radius 3 is 2.42 bits per heavy atom. The zero-order valence-corrected chi connectivity index (χ0v) is 9.71. The summed E-state index contributed by atoms with van der Waals surface area (Å²) in [5.41, 5.74) is 0.629. The van der Waals surface area contributed by atoms with Crippen molar-refractivity contribution in [2.75, 3.05) is 6.61 Å². The van der Waals surface area contributed by atoms with Gasteiger partial charge in [-0.05, 0) is 24.1 Å². The average molecular weight is 277 g/mol. The van der Waals surface area contributed by atoms with Crippen LogP contribution >= 0.6 is 0 Å². The van der Waals surface area contributed by atoms with Gasteiger partial charge in [0.2, 0.25) is 0 Å². The Bertz CT molecular complexity index is 454. The highest BCUT2D eigenvalue weighted by Gasteiger charge is 2.43. The maximum absolute atomic E-state index is 12.7. The number of halogens is 4. The van der Waals surface area contributed by atoms with Crippen LogP contribution in [0.5, 0.6) is 0 Å². The van der Waals surface area contributed by atoms with E-state index in [1.165, 1.54) is 24.3 Å². The lowest BCUT2D eigenvalue weighted by atomic mass is 10.0. The molecule has 0 unspecified atom stereocenters. The molecule has 0 bridgehead atoms. The molecule has 2 rings (SSSR count). The summed E-state index contributed by atoms with van der Waals surface area (Å²) in [5.74, 6) is -2.42. The van der Waals surface area contributed by atoms with Gasteiger partial charge in [-0.3, -0.25) is 4.79 Å². The van der Waals surface area contributed by atoms with Crippen LogP contribution in [0, 0.1) is 5.82 Å². The van der Waals surface area contributed by atoms with Crippen molar-refractivity contribution in [3.8, 4) is 0 Å². The average Bonchev–Trinajstić information content (AvgIpc) is 3.13. The van der Waals surface area contributed by atoms with Crippen molar-refractivity contribution in [3.63, 3.8) is 0 Å². The second-order valence-corrected chi connectivity index (χ2v) is 4.28. The normalized spacial score (nSPS) is 19.9. The lowest BCUT2D eigenvalue weighted by Gasteiger charge is -2.17. The number of amides is 1. The summed E-state index contributed by atoms with van der Waals surface area (Å²) < 4.78 is 54.2. The molecule has 1 fully saturated rings. The van der Waals surface area contributed by atoms with Crippen LogP contribution < -0.4 is 5.32 Å². The molecule has 3 nitrogen and oxygen atoms in total. The molecule has 1 aromatic rings. The molecule has 1 aromatic carbocycles. The Balaban J connectivity index is 2.01. The Kier molecular flexibility index (Phi) is 3.75. The van der Waals surface area contributed by atoms with Gasteiger partial charge in [0.05, 0.1) is 12.6 Å². The fourth-order valence-corrected chi connectivity index (χ4v) is 1.69. The Morgan fingerprint density at radius 1 is 1.37 bits per heavy atom. The van der Waals surface area contributed by atoms with E-state index in [-0.39, 0.29) is 6.42 Å². The fraction of sp³-hybridized carbons (Fsp3) is 0.417. The molecule has 1 N–H and O–H groups in total. The standard InChI is InChI=1S/C12H11F4NO2/c13-8-3-1-7(2-4-8)5-9(10-6-19-10)17-11(18)12(14,15)16/h1-4,9-10H,5-6H2,(H,17,18)/t9-,10-/m0/s1. The number of nitrogens with one attached hydrogen (secondary N) is 1. The molecular formula is C12H11F4NO2. The van der Waals surface area contributed by atoms with Gasteiger partial charge in [-0.25, -0.2) is 4.39 Å². The van der Waals surface area contributed by atoms with Gasteiger partial charge in [-0.2, -0.15) is 13.2 Å². The maximum atomic E-state index is 12.7. The van der Waals surface area contributed by atoms with Crippen LogP contribution in [-0.2, 0) is 16.0 Å². The van der Waals surface area contributed by atoms with Gasteiger partial charge < -0.3 is 10.1 Å². The zero-order chi connectivity index (χ0) is 14.0. The smallest absolute Gasteiger partial charge is 0.371 e. The van der Waals surface area contributed by atoms with Crippen molar-refractivity contribution >= 4 is 5.91 Å². The molecule has 1 heterocycles. The first-order chi connectivity index (χ1) is 8.86. The monoisotopic (exact) mass is 277 g/mol. The van der Waals surface area contributed by atoms with Crippen molar-refractivity contribution in [2.24, 2.45) is 0 Å².